The van der Waals surface area contributed by atoms with Gasteiger partial charge in [0.2, 0.25) is 0 Å². The molecule has 0 saturated heterocycles. The molecule has 1 atom stereocenters. The fourth-order valence-electron chi connectivity index (χ4n) is 1.99. The molecule has 0 aliphatic rings. The summed E-state index contributed by atoms with van der Waals surface area (Å²) >= 11 is 1.35. The maximum Gasteiger partial charge on any atom is 0.326 e. The Bertz CT molecular complexity index is 534. The van der Waals surface area contributed by atoms with Crippen molar-refractivity contribution in [1.82, 2.24) is 15.3 Å². The monoisotopic (exact) mass is 311 g/mol. The molecule has 0 aliphatic carbocycles. The van der Waals surface area contributed by atoms with E-state index in [2.05, 4.69) is 15.3 Å². The highest BCUT2D eigenvalue weighted by Gasteiger charge is 2.24. The largest absolute Gasteiger partial charge is 0.480 e. The lowest BCUT2D eigenvalue weighted by Crippen LogP contribution is -2.41. The van der Waals surface area contributed by atoms with Crippen molar-refractivity contribution in [2.45, 2.75) is 51.1 Å². The van der Waals surface area contributed by atoms with Crippen molar-refractivity contribution in [2.75, 3.05) is 6.26 Å². The van der Waals surface area contributed by atoms with Gasteiger partial charge in [-0.25, -0.2) is 14.8 Å². The highest BCUT2D eigenvalue weighted by molar-refractivity contribution is 7.98. The summed E-state index contributed by atoms with van der Waals surface area (Å²) in [6.45, 7) is 5.46. The predicted molar refractivity (Wildman–Crippen MR) is 81.7 cm³/mol. The maximum absolute atomic E-state index is 12.4. The number of nitrogens with zero attached hydrogens (tertiary/aromatic N) is 2. The third kappa shape index (κ3) is 4.70. The van der Waals surface area contributed by atoms with Gasteiger partial charge in [-0.05, 0) is 26.5 Å². The van der Waals surface area contributed by atoms with Gasteiger partial charge in [0, 0.05) is 0 Å². The summed E-state index contributed by atoms with van der Waals surface area (Å²) in [6, 6.07) is -0.882. The molecule has 6 nitrogen and oxygen atoms in total. The molecular weight excluding hydrogens is 290 g/mol. The minimum Gasteiger partial charge on any atom is -0.480 e. The van der Waals surface area contributed by atoms with Crippen molar-refractivity contribution in [3.05, 3.63) is 17.1 Å². The average molecular weight is 311 g/mol. The van der Waals surface area contributed by atoms with Crippen molar-refractivity contribution < 1.29 is 14.7 Å². The van der Waals surface area contributed by atoms with Crippen LogP contribution in [0.4, 0.5) is 0 Å². The topological polar surface area (TPSA) is 92.2 Å². The smallest absolute Gasteiger partial charge is 0.326 e. The van der Waals surface area contributed by atoms with E-state index < -0.39 is 17.9 Å². The maximum atomic E-state index is 12.4. The van der Waals surface area contributed by atoms with E-state index in [1.807, 2.05) is 13.2 Å². The van der Waals surface area contributed by atoms with Gasteiger partial charge in [-0.2, -0.15) is 0 Å². The number of carbonyl (C=O) groups is 2. The fraction of sp³-hybridized carbons (Fsp3) is 0.571. The summed E-state index contributed by atoms with van der Waals surface area (Å²) in [5.41, 5.74) is 0.917. The molecule has 2 N–H and O–H groups in total. The van der Waals surface area contributed by atoms with Gasteiger partial charge in [0.15, 0.2) is 0 Å². The van der Waals surface area contributed by atoms with Gasteiger partial charge in [-0.1, -0.05) is 19.8 Å². The van der Waals surface area contributed by atoms with Gasteiger partial charge in [0.25, 0.3) is 5.91 Å². The summed E-state index contributed by atoms with van der Waals surface area (Å²) in [5.74, 6) is -0.859. The van der Waals surface area contributed by atoms with Crippen molar-refractivity contribution in [1.29, 1.82) is 0 Å². The Hall–Kier alpha value is -1.63. The lowest BCUT2D eigenvalue weighted by atomic mass is 10.1. The Morgan fingerprint density at radius 1 is 1.33 bits per heavy atom. The van der Waals surface area contributed by atoms with Crippen molar-refractivity contribution in [3.8, 4) is 0 Å². The van der Waals surface area contributed by atoms with Crippen LogP contribution in [0.15, 0.2) is 5.03 Å². The zero-order valence-corrected chi connectivity index (χ0v) is 13.6. The van der Waals surface area contributed by atoms with E-state index in [4.69, 9.17) is 0 Å². The Balaban J connectivity index is 3.00. The number of thioether (sulfide) groups is 1. The predicted octanol–water partition coefficient (Wildman–Crippen LogP) is 2.19. The van der Waals surface area contributed by atoms with E-state index in [1.165, 1.54) is 11.8 Å². The lowest BCUT2D eigenvalue weighted by Gasteiger charge is -2.16. The molecular formula is C14H21N3O3S. The van der Waals surface area contributed by atoms with Crippen molar-refractivity contribution in [2.24, 2.45) is 0 Å². The quantitative estimate of drug-likeness (QED) is 0.592. The second-order valence-corrected chi connectivity index (χ2v) is 5.54. The molecule has 21 heavy (non-hydrogen) atoms. The molecule has 0 bridgehead atoms. The number of carboxylic acids is 1. The van der Waals surface area contributed by atoms with Crippen LogP contribution < -0.4 is 5.32 Å². The van der Waals surface area contributed by atoms with Crippen LogP contribution in [-0.4, -0.2) is 39.2 Å². The van der Waals surface area contributed by atoms with Gasteiger partial charge in [0.1, 0.15) is 16.9 Å². The molecule has 0 radical (unpaired) electrons. The van der Waals surface area contributed by atoms with Crippen LogP contribution in [0.3, 0.4) is 0 Å². The van der Waals surface area contributed by atoms with Gasteiger partial charge in [0.05, 0.1) is 11.3 Å². The molecule has 0 spiro atoms. The van der Waals surface area contributed by atoms with E-state index >= 15 is 0 Å². The number of aromatic nitrogens is 2. The molecule has 116 valence electrons. The zero-order valence-electron chi connectivity index (χ0n) is 12.8. The molecule has 0 saturated carbocycles. The van der Waals surface area contributed by atoms with Crippen LogP contribution in [0.25, 0.3) is 0 Å². The number of hydrogen-bond donors (Lipinski definition) is 2. The normalized spacial score (nSPS) is 12.0. The number of hydrogen-bond acceptors (Lipinski definition) is 5. The summed E-state index contributed by atoms with van der Waals surface area (Å²) in [6.07, 6.45) is 3.86. The third-order valence-electron chi connectivity index (χ3n) is 3.04. The van der Waals surface area contributed by atoms with Crippen LogP contribution in [-0.2, 0) is 4.79 Å². The second-order valence-electron chi connectivity index (χ2n) is 4.75. The Labute approximate surface area is 128 Å². The number of carbonyl (C=O) groups excluding carboxylic acids is 1. The third-order valence-corrected chi connectivity index (χ3v) is 3.72. The second kappa shape index (κ2) is 7.97. The minimum absolute atomic E-state index is 0.357. The number of aliphatic carboxylic acids is 1. The van der Waals surface area contributed by atoms with Crippen LogP contribution in [0.5, 0.6) is 0 Å². The number of aryl methyl sites for hydroxylation is 2. The van der Waals surface area contributed by atoms with E-state index in [1.54, 1.807) is 13.8 Å². The zero-order chi connectivity index (χ0) is 16.0. The molecule has 0 fully saturated rings. The summed E-state index contributed by atoms with van der Waals surface area (Å²) in [7, 11) is 0. The minimum atomic E-state index is -1.02. The molecule has 1 amide bonds. The first kappa shape index (κ1) is 17.4. The van der Waals surface area contributed by atoms with Crippen molar-refractivity contribution in [3.63, 3.8) is 0 Å². The molecule has 1 rings (SSSR count). The van der Waals surface area contributed by atoms with E-state index in [0.29, 0.717) is 28.5 Å². The SMILES string of the molecule is CCCC[C@H](NC(=O)c1c(C)nc(C)nc1SC)C(=O)O. The van der Waals surface area contributed by atoms with Gasteiger partial charge < -0.3 is 10.4 Å². The Kier molecular flexibility index (Phi) is 6.61. The highest BCUT2D eigenvalue weighted by atomic mass is 32.2. The number of amides is 1. The lowest BCUT2D eigenvalue weighted by molar-refractivity contribution is -0.139. The molecule has 7 heteroatoms. The Morgan fingerprint density at radius 2 is 2.00 bits per heavy atom. The number of nitrogens with one attached hydrogen (secondary N) is 1. The van der Waals surface area contributed by atoms with E-state index in [-0.39, 0.29) is 0 Å². The standard InChI is InChI=1S/C14H21N3O3S/c1-5-6-7-10(14(19)20)17-12(18)11-8(2)15-9(3)16-13(11)21-4/h10H,5-7H2,1-4H3,(H,17,18)(H,19,20)/t10-/m0/s1. The summed E-state index contributed by atoms with van der Waals surface area (Å²) in [4.78, 5) is 32.0. The van der Waals surface area contributed by atoms with Gasteiger partial charge in [-0.3, -0.25) is 4.79 Å². The molecule has 1 aromatic heterocycles. The van der Waals surface area contributed by atoms with Gasteiger partial charge in [-0.15, -0.1) is 11.8 Å². The molecule has 0 aromatic carbocycles. The van der Waals surface area contributed by atoms with Crippen LogP contribution >= 0.6 is 11.8 Å². The van der Waals surface area contributed by atoms with Crippen molar-refractivity contribution >= 4 is 23.6 Å². The van der Waals surface area contributed by atoms with Crippen LogP contribution in [0.2, 0.25) is 0 Å². The first-order valence-electron chi connectivity index (χ1n) is 6.83. The van der Waals surface area contributed by atoms with E-state index in [9.17, 15) is 14.7 Å². The fourth-order valence-corrected chi connectivity index (χ4v) is 2.65. The summed E-state index contributed by atoms with van der Waals surface area (Å²) in [5, 5.41) is 12.3. The number of carboxylic acid groups (broad SMARTS) is 1. The van der Waals surface area contributed by atoms with E-state index in [0.717, 1.165) is 12.8 Å². The average Bonchev–Trinajstić information content (AvgIpc) is 2.41. The molecule has 0 unspecified atom stereocenters. The first-order valence-corrected chi connectivity index (χ1v) is 8.06. The highest BCUT2D eigenvalue weighted by Crippen LogP contribution is 2.20. The number of rotatable bonds is 7. The molecule has 1 heterocycles. The van der Waals surface area contributed by atoms with Crippen LogP contribution in [0, 0.1) is 13.8 Å². The Morgan fingerprint density at radius 3 is 2.52 bits per heavy atom. The van der Waals surface area contributed by atoms with Gasteiger partial charge >= 0.3 is 5.97 Å². The first-order chi connectivity index (χ1) is 9.90. The molecule has 0 aliphatic heterocycles. The number of unbranched alkanes of at least 4 members (excludes halogenated alkanes) is 1. The molecule has 1 aromatic rings. The van der Waals surface area contributed by atoms with Crippen LogP contribution in [0.1, 0.15) is 48.1 Å². The summed E-state index contributed by atoms with van der Waals surface area (Å²) < 4.78 is 0.